The highest BCUT2D eigenvalue weighted by molar-refractivity contribution is 7.09. The summed E-state index contributed by atoms with van der Waals surface area (Å²) in [6.07, 6.45) is 2.41. The number of amides is 1. The minimum atomic E-state index is 0.0865. The van der Waals surface area contributed by atoms with E-state index in [2.05, 4.69) is 22.0 Å². The molecule has 0 aliphatic carbocycles. The zero-order chi connectivity index (χ0) is 16.4. The Kier molecular flexibility index (Phi) is 4.66. The van der Waals surface area contributed by atoms with Crippen molar-refractivity contribution in [3.05, 3.63) is 45.4 Å². The summed E-state index contributed by atoms with van der Waals surface area (Å²) in [4.78, 5) is 22.5. The standard InChI is InChI=1S/C18H23N3OS/c1-13-6-7-16(21-8-4-5-9-21)15(10-13)18(22)20(3)11-17-14(2)19-12-23-17/h6-7,10,12H,4-5,8-9,11H2,1-3H3. The largest absolute Gasteiger partial charge is 0.371 e. The summed E-state index contributed by atoms with van der Waals surface area (Å²) in [7, 11) is 1.87. The molecular formula is C18H23N3OS. The van der Waals surface area contributed by atoms with Crippen molar-refractivity contribution in [2.45, 2.75) is 33.2 Å². The van der Waals surface area contributed by atoms with E-state index < -0.39 is 0 Å². The van der Waals surface area contributed by atoms with Crippen LogP contribution in [0.1, 0.15) is 39.3 Å². The molecular weight excluding hydrogens is 306 g/mol. The van der Waals surface area contributed by atoms with Gasteiger partial charge < -0.3 is 9.80 Å². The third-order valence-corrected chi connectivity index (χ3v) is 5.32. The van der Waals surface area contributed by atoms with Gasteiger partial charge in [-0.2, -0.15) is 0 Å². The van der Waals surface area contributed by atoms with Crippen LogP contribution in [-0.2, 0) is 6.54 Å². The zero-order valence-electron chi connectivity index (χ0n) is 14.0. The third kappa shape index (κ3) is 3.39. The highest BCUT2D eigenvalue weighted by Gasteiger charge is 2.22. The van der Waals surface area contributed by atoms with Gasteiger partial charge in [0.25, 0.3) is 5.91 Å². The van der Waals surface area contributed by atoms with Gasteiger partial charge >= 0.3 is 0 Å². The van der Waals surface area contributed by atoms with Gasteiger partial charge in [0, 0.05) is 30.7 Å². The predicted molar refractivity (Wildman–Crippen MR) is 95.3 cm³/mol. The summed E-state index contributed by atoms with van der Waals surface area (Å²) in [6.45, 7) is 6.73. The van der Waals surface area contributed by atoms with Crippen LogP contribution < -0.4 is 4.90 Å². The molecule has 1 amide bonds. The minimum absolute atomic E-state index is 0.0865. The molecule has 1 aromatic carbocycles. The van der Waals surface area contributed by atoms with Crippen molar-refractivity contribution in [1.29, 1.82) is 0 Å². The monoisotopic (exact) mass is 329 g/mol. The van der Waals surface area contributed by atoms with Crippen LogP contribution in [0.5, 0.6) is 0 Å². The maximum atomic E-state index is 13.0. The van der Waals surface area contributed by atoms with Crippen molar-refractivity contribution in [1.82, 2.24) is 9.88 Å². The van der Waals surface area contributed by atoms with Crippen LogP contribution in [0.4, 0.5) is 5.69 Å². The topological polar surface area (TPSA) is 36.4 Å². The molecule has 0 N–H and O–H groups in total. The van der Waals surface area contributed by atoms with Crippen LogP contribution in [0.3, 0.4) is 0 Å². The van der Waals surface area contributed by atoms with Crippen LogP contribution in [-0.4, -0.2) is 35.9 Å². The second-order valence-corrected chi connectivity index (χ2v) is 7.18. The molecule has 0 bridgehead atoms. The number of nitrogens with zero attached hydrogens (tertiary/aromatic N) is 3. The number of benzene rings is 1. The Morgan fingerprint density at radius 2 is 2.04 bits per heavy atom. The van der Waals surface area contributed by atoms with E-state index in [0.717, 1.165) is 40.5 Å². The molecule has 5 heteroatoms. The molecule has 0 radical (unpaired) electrons. The fraction of sp³-hybridized carbons (Fsp3) is 0.444. The number of hydrogen-bond acceptors (Lipinski definition) is 4. The van der Waals surface area contributed by atoms with Crippen molar-refractivity contribution in [3.63, 3.8) is 0 Å². The van der Waals surface area contributed by atoms with Gasteiger partial charge in [0.1, 0.15) is 0 Å². The molecule has 1 aliphatic heterocycles. The van der Waals surface area contributed by atoms with E-state index >= 15 is 0 Å². The highest BCUT2D eigenvalue weighted by atomic mass is 32.1. The van der Waals surface area contributed by atoms with Crippen molar-refractivity contribution >= 4 is 22.9 Å². The van der Waals surface area contributed by atoms with E-state index in [1.807, 2.05) is 32.5 Å². The molecule has 1 saturated heterocycles. The van der Waals surface area contributed by atoms with Gasteiger partial charge in [0.2, 0.25) is 0 Å². The van der Waals surface area contributed by atoms with Crippen LogP contribution in [0.15, 0.2) is 23.7 Å². The summed E-state index contributed by atoms with van der Waals surface area (Å²) in [6, 6.07) is 6.21. The first kappa shape index (κ1) is 16.0. The predicted octanol–water partition coefficient (Wildman–Crippen LogP) is 3.63. The Morgan fingerprint density at radius 3 is 2.70 bits per heavy atom. The number of thiazole rings is 1. The number of aromatic nitrogens is 1. The van der Waals surface area contributed by atoms with E-state index in [1.54, 1.807) is 16.2 Å². The number of hydrogen-bond donors (Lipinski definition) is 0. The van der Waals surface area contributed by atoms with Crippen LogP contribution in [0.25, 0.3) is 0 Å². The Morgan fingerprint density at radius 1 is 1.30 bits per heavy atom. The second kappa shape index (κ2) is 6.71. The summed E-state index contributed by atoms with van der Waals surface area (Å²) in [5.74, 6) is 0.0865. The molecule has 4 nitrogen and oxygen atoms in total. The van der Waals surface area contributed by atoms with E-state index in [9.17, 15) is 4.79 Å². The van der Waals surface area contributed by atoms with E-state index in [1.165, 1.54) is 12.8 Å². The van der Waals surface area contributed by atoms with Crippen molar-refractivity contribution in [2.75, 3.05) is 25.0 Å². The fourth-order valence-electron chi connectivity index (χ4n) is 3.03. The molecule has 0 atom stereocenters. The first-order valence-electron chi connectivity index (χ1n) is 8.06. The quantitative estimate of drug-likeness (QED) is 0.859. The summed E-state index contributed by atoms with van der Waals surface area (Å²) in [5.41, 5.74) is 5.87. The first-order valence-corrected chi connectivity index (χ1v) is 8.94. The van der Waals surface area contributed by atoms with Gasteiger partial charge in [-0.1, -0.05) is 11.6 Å². The SMILES string of the molecule is Cc1ccc(N2CCCC2)c(C(=O)N(C)Cc2scnc2C)c1. The molecule has 23 heavy (non-hydrogen) atoms. The van der Waals surface area contributed by atoms with Gasteiger partial charge in [-0.05, 0) is 38.8 Å². The Balaban J connectivity index is 1.85. The lowest BCUT2D eigenvalue weighted by atomic mass is 10.1. The summed E-state index contributed by atoms with van der Waals surface area (Å²) < 4.78 is 0. The highest BCUT2D eigenvalue weighted by Crippen LogP contribution is 2.27. The van der Waals surface area contributed by atoms with Gasteiger partial charge in [-0.25, -0.2) is 4.98 Å². The van der Waals surface area contributed by atoms with Crippen molar-refractivity contribution in [2.24, 2.45) is 0 Å². The van der Waals surface area contributed by atoms with Crippen molar-refractivity contribution < 1.29 is 4.79 Å². The Hall–Kier alpha value is -1.88. The van der Waals surface area contributed by atoms with Gasteiger partial charge in [-0.15, -0.1) is 11.3 Å². The van der Waals surface area contributed by atoms with Gasteiger partial charge in [0.05, 0.1) is 23.3 Å². The lowest BCUT2D eigenvalue weighted by Crippen LogP contribution is -2.29. The summed E-state index contributed by atoms with van der Waals surface area (Å²) >= 11 is 1.61. The molecule has 0 saturated carbocycles. The molecule has 1 fully saturated rings. The number of carbonyl (C=O) groups excluding carboxylic acids is 1. The normalized spacial score (nSPS) is 14.3. The molecule has 1 aromatic heterocycles. The summed E-state index contributed by atoms with van der Waals surface area (Å²) in [5, 5.41) is 0. The lowest BCUT2D eigenvalue weighted by molar-refractivity contribution is 0.0786. The lowest BCUT2D eigenvalue weighted by Gasteiger charge is -2.24. The molecule has 122 valence electrons. The number of anilines is 1. The smallest absolute Gasteiger partial charge is 0.256 e. The van der Waals surface area contributed by atoms with Gasteiger partial charge in [-0.3, -0.25) is 4.79 Å². The maximum Gasteiger partial charge on any atom is 0.256 e. The molecule has 0 spiro atoms. The van der Waals surface area contributed by atoms with E-state index in [4.69, 9.17) is 0 Å². The average Bonchev–Trinajstić information content (AvgIpc) is 3.19. The van der Waals surface area contributed by atoms with Crippen LogP contribution in [0.2, 0.25) is 0 Å². The minimum Gasteiger partial charge on any atom is -0.371 e. The van der Waals surface area contributed by atoms with E-state index in [-0.39, 0.29) is 5.91 Å². The number of carbonyl (C=O) groups is 1. The fourth-order valence-corrected chi connectivity index (χ4v) is 3.86. The molecule has 3 rings (SSSR count). The molecule has 2 aromatic rings. The molecule has 1 aliphatic rings. The Bertz CT molecular complexity index is 704. The average molecular weight is 329 g/mol. The number of aryl methyl sites for hydroxylation is 2. The van der Waals surface area contributed by atoms with Gasteiger partial charge in [0.15, 0.2) is 0 Å². The Labute approximate surface area is 141 Å². The zero-order valence-corrected chi connectivity index (χ0v) is 14.8. The third-order valence-electron chi connectivity index (χ3n) is 4.40. The maximum absolute atomic E-state index is 13.0. The van der Waals surface area contributed by atoms with Crippen LogP contribution in [0, 0.1) is 13.8 Å². The van der Waals surface area contributed by atoms with E-state index in [0.29, 0.717) is 6.54 Å². The number of rotatable bonds is 4. The van der Waals surface area contributed by atoms with Crippen molar-refractivity contribution in [3.8, 4) is 0 Å². The molecule has 0 unspecified atom stereocenters. The van der Waals surface area contributed by atoms with Crippen LogP contribution >= 0.6 is 11.3 Å². The first-order chi connectivity index (χ1) is 11.1. The second-order valence-electron chi connectivity index (χ2n) is 6.24. The molecule has 2 heterocycles.